The summed E-state index contributed by atoms with van der Waals surface area (Å²) in [5, 5.41) is 0. The van der Waals surface area contributed by atoms with Crippen LogP contribution in [-0.4, -0.2) is 29.4 Å². The number of hydrogen-bond donors (Lipinski definition) is 1. The minimum Gasteiger partial charge on any atom is -0.336 e. The smallest absolute Gasteiger partial charge is 0.228 e. The van der Waals surface area contributed by atoms with Crippen LogP contribution in [0.1, 0.15) is 40.0 Å². The molecular weight excluding hydrogens is 188 g/mol. The van der Waals surface area contributed by atoms with Crippen molar-refractivity contribution in [1.82, 2.24) is 4.90 Å². The molecule has 0 radical (unpaired) electrons. The van der Waals surface area contributed by atoms with Crippen LogP contribution in [-0.2, 0) is 4.79 Å². The second kappa shape index (κ2) is 3.48. The van der Waals surface area contributed by atoms with Gasteiger partial charge in [-0.2, -0.15) is 0 Å². The maximum atomic E-state index is 12.3. The Bertz CT molecular complexity index is 269. The first kappa shape index (κ1) is 10.9. The molecule has 0 aromatic carbocycles. The van der Waals surface area contributed by atoms with E-state index in [9.17, 15) is 4.79 Å². The minimum atomic E-state index is -0.246. The van der Waals surface area contributed by atoms with Crippen LogP contribution in [0, 0.1) is 11.3 Å². The van der Waals surface area contributed by atoms with Gasteiger partial charge in [0.05, 0.1) is 0 Å². The SMILES string of the molecule is CC(C)(C)C(=O)N1C2CCC1C(CN)C2. The Kier molecular flexibility index (Phi) is 2.53. The molecule has 2 heterocycles. The molecule has 0 aromatic heterocycles. The van der Waals surface area contributed by atoms with Crippen LogP contribution in [0.25, 0.3) is 0 Å². The van der Waals surface area contributed by atoms with E-state index >= 15 is 0 Å². The van der Waals surface area contributed by atoms with Gasteiger partial charge in [-0.05, 0) is 31.7 Å². The zero-order chi connectivity index (χ0) is 11.2. The predicted octanol–water partition coefficient (Wildman–Crippen LogP) is 1.37. The van der Waals surface area contributed by atoms with Crippen molar-refractivity contribution in [2.75, 3.05) is 6.54 Å². The van der Waals surface area contributed by atoms with Gasteiger partial charge in [0.25, 0.3) is 0 Å². The third-order valence-corrected chi connectivity index (χ3v) is 3.84. The van der Waals surface area contributed by atoms with Crippen LogP contribution in [0.5, 0.6) is 0 Å². The first-order valence-corrected chi connectivity index (χ1v) is 5.98. The molecule has 3 unspecified atom stereocenters. The second-order valence-corrected chi connectivity index (χ2v) is 5.99. The summed E-state index contributed by atoms with van der Waals surface area (Å²) in [6.45, 7) is 6.74. The van der Waals surface area contributed by atoms with Gasteiger partial charge in [-0.15, -0.1) is 0 Å². The average molecular weight is 210 g/mol. The molecule has 0 spiro atoms. The summed E-state index contributed by atoms with van der Waals surface area (Å²) < 4.78 is 0. The fraction of sp³-hybridized carbons (Fsp3) is 0.917. The van der Waals surface area contributed by atoms with Crippen LogP contribution in [0.3, 0.4) is 0 Å². The van der Waals surface area contributed by atoms with Crippen molar-refractivity contribution in [1.29, 1.82) is 0 Å². The molecular formula is C12H22N2O. The lowest BCUT2D eigenvalue weighted by molar-refractivity contribution is -0.140. The van der Waals surface area contributed by atoms with E-state index in [1.807, 2.05) is 20.8 Å². The second-order valence-electron chi connectivity index (χ2n) is 5.99. The number of nitrogens with two attached hydrogens (primary N) is 1. The highest BCUT2D eigenvalue weighted by Crippen LogP contribution is 2.43. The Labute approximate surface area is 92.0 Å². The zero-order valence-corrected chi connectivity index (χ0v) is 9.99. The van der Waals surface area contributed by atoms with E-state index in [2.05, 4.69) is 4.90 Å². The highest BCUT2D eigenvalue weighted by molar-refractivity contribution is 5.82. The summed E-state index contributed by atoms with van der Waals surface area (Å²) in [5.41, 5.74) is 5.51. The molecule has 2 saturated heterocycles. The van der Waals surface area contributed by atoms with Gasteiger partial charge in [-0.3, -0.25) is 4.79 Å². The van der Waals surface area contributed by atoms with Gasteiger partial charge in [0.2, 0.25) is 5.91 Å². The summed E-state index contributed by atoms with van der Waals surface area (Å²) in [5.74, 6) is 0.862. The molecule has 2 bridgehead atoms. The molecule has 2 aliphatic rings. The van der Waals surface area contributed by atoms with Crippen molar-refractivity contribution in [2.24, 2.45) is 17.1 Å². The zero-order valence-electron chi connectivity index (χ0n) is 9.99. The average Bonchev–Trinajstić information content (AvgIpc) is 2.71. The van der Waals surface area contributed by atoms with E-state index < -0.39 is 0 Å². The molecule has 2 fully saturated rings. The van der Waals surface area contributed by atoms with Crippen molar-refractivity contribution in [3.63, 3.8) is 0 Å². The van der Waals surface area contributed by atoms with E-state index in [4.69, 9.17) is 5.73 Å². The fourth-order valence-electron chi connectivity index (χ4n) is 3.07. The highest BCUT2D eigenvalue weighted by atomic mass is 16.2. The van der Waals surface area contributed by atoms with Gasteiger partial charge in [0.1, 0.15) is 0 Å². The number of carbonyl (C=O) groups is 1. The Morgan fingerprint density at radius 2 is 2.07 bits per heavy atom. The van der Waals surface area contributed by atoms with Gasteiger partial charge in [0.15, 0.2) is 0 Å². The summed E-state index contributed by atoms with van der Waals surface area (Å²) in [4.78, 5) is 14.4. The largest absolute Gasteiger partial charge is 0.336 e. The van der Waals surface area contributed by atoms with Crippen molar-refractivity contribution in [2.45, 2.75) is 52.1 Å². The molecule has 3 atom stereocenters. The molecule has 2 aliphatic heterocycles. The van der Waals surface area contributed by atoms with E-state index in [0.29, 0.717) is 23.9 Å². The minimum absolute atomic E-state index is 0.246. The number of fused-ring (bicyclic) bond motifs is 2. The molecule has 0 aliphatic carbocycles. The number of hydrogen-bond acceptors (Lipinski definition) is 2. The van der Waals surface area contributed by atoms with Crippen LogP contribution in [0.4, 0.5) is 0 Å². The van der Waals surface area contributed by atoms with Crippen molar-refractivity contribution in [3.8, 4) is 0 Å². The first-order chi connectivity index (χ1) is 6.95. The molecule has 2 N–H and O–H groups in total. The van der Waals surface area contributed by atoms with Crippen LogP contribution in [0.2, 0.25) is 0 Å². The maximum absolute atomic E-state index is 12.3. The lowest BCUT2D eigenvalue weighted by Gasteiger charge is -2.30. The van der Waals surface area contributed by atoms with Gasteiger partial charge in [-0.25, -0.2) is 0 Å². The lowest BCUT2D eigenvalue weighted by Crippen LogP contribution is -2.43. The summed E-state index contributed by atoms with van der Waals surface area (Å²) in [6, 6.07) is 0.919. The maximum Gasteiger partial charge on any atom is 0.228 e. The molecule has 0 saturated carbocycles. The molecule has 0 aromatic rings. The standard InChI is InChI=1S/C12H22N2O/c1-12(2,3)11(15)14-9-4-5-10(14)8(6-9)7-13/h8-10H,4-7,13H2,1-3H3. The van der Waals surface area contributed by atoms with E-state index in [1.165, 1.54) is 6.42 Å². The normalized spacial score (nSPS) is 34.9. The van der Waals surface area contributed by atoms with Crippen LogP contribution in [0.15, 0.2) is 0 Å². The van der Waals surface area contributed by atoms with Crippen molar-refractivity contribution >= 4 is 5.91 Å². The molecule has 3 nitrogen and oxygen atoms in total. The molecule has 3 heteroatoms. The quantitative estimate of drug-likeness (QED) is 0.710. The van der Waals surface area contributed by atoms with Crippen molar-refractivity contribution < 1.29 is 4.79 Å². The third kappa shape index (κ3) is 1.67. The molecule has 86 valence electrons. The van der Waals surface area contributed by atoms with E-state index in [1.54, 1.807) is 0 Å². The Morgan fingerprint density at radius 3 is 2.53 bits per heavy atom. The fourth-order valence-corrected chi connectivity index (χ4v) is 3.07. The lowest BCUT2D eigenvalue weighted by atomic mass is 9.89. The predicted molar refractivity (Wildman–Crippen MR) is 60.3 cm³/mol. The van der Waals surface area contributed by atoms with Gasteiger partial charge < -0.3 is 10.6 Å². The van der Waals surface area contributed by atoms with Crippen LogP contribution < -0.4 is 5.73 Å². The third-order valence-electron chi connectivity index (χ3n) is 3.84. The Hall–Kier alpha value is -0.570. The number of amides is 1. The van der Waals surface area contributed by atoms with Gasteiger partial charge in [0, 0.05) is 17.5 Å². The Balaban J connectivity index is 2.15. The highest BCUT2D eigenvalue weighted by Gasteiger charge is 2.49. The summed E-state index contributed by atoms with van der Waals surface area (Å²) in [6.07, 6.45) is 3.47. The topological polar surface area (TPSA) is 46.3 Å². The molecule has 1 amide bonds. The number of carbonyl (C=O) groups excluding carboxylic acids is 1. The Morgan fingerprint density at radius 1 is 1.40 bits per heavy atom. The molecule has 2 rings (SSSR count). The van der Waals surface area contributed by atoms with E-state index in [0.717, 1.165) is 19.4 Å². The summed E-state index contributed by atoms with van der Waals surface area (Å²) >= 11 is 0. The van der Waals surface area contributed by atoms with Crippen molar-refractivity contribution in [3.05, 3.63) is 0 Å². The number of rotatable bonds is 1. The monoisotopic (exact) mass is 210 g/mol. The van der Waals surface area contributed by atoms with Gasteiger partial charge in [-0.1, -0.05) is 20.8 Å². The van der Waals surface area contributed by atoms with E-state index in [-0.39, 0.29) is 5.41 Å². The summed E-state index contributed by atoms with van der Waals surface area (Å²) in [7, 11) is 0. The first-order valence-electron chi connectivity index (χ1n) is 5.98. The number of nitrogens with zero attached hydrogens (tertiary/aromatic N) is 1. The van der Waals surface area contributed by atoms with Gasteiger partial charge >= 0.3 is 0 Å². The molecule has 15 heavy (non-hydrogen) atoms. The van der Waals surface area contributed by atoms with Crippen LogP contribution >= 0.6 is 0 Å².